The first-order chi connectivity index (χ1) is 13.9. The number of carbonyl (C=O) groups excluding carboxylic acids is 1. The van der Waals surface area contributed by atoms with Crippen molar-refractivity contribution in [2.45, 2.75) is 68.2 Å². The van der Waals surface area contributed by atoms with Crippen molar-refractivity contribution in [3.63, 3.8) is 0 Å². The van der Waals surface area contributed by atoms with Crippen molar-refractivity contribution < 1.29 is 32.7 Å². The molecule has 3 rings (SSSR count). The van der Waals surface area contributed by atoms with Gasteiger partial charge in [0.05, 0.1) is 23.1 Å². The molecule has 12 heteroatoms. The Labute approximate surface area is 176 Å². The zero-order chi connectivity index (χ0) is 22.3. The van der Waals surface area contributed by atoms with Crippen LogP contribution in [-0.4, -0.2) is 88.8 Å². The van der Waals surface area contributed by atoms with Gasteiger partial charge in [0.25, 0.3) is 5.91 Å². The van der Waals surface area contributed by atoms with Crippen LogP contribution >= 0.6 is 0 Å². The number of carbonyl (C=O) groups is 1. The molecule has 166 valence electrons. The molecule has 0 saturated carbocycles. The topological polar surface area (TPSA) is 139 Å². The normalized spacial score (nSPS) is 24.7. The van der Waals surface area contributed by atoms with E-state index in [9.17, 15) is 18.3 Å². The molecule has 0 radical (unpaired) electrons. The fraction of sp³-hybridized carbons (Fsp3) is 0.722. The third-order valence-corrected chi connectivity index (χ3v) is 8.00. The molecule has 2 atom stereocenters. The molecule has 10 nitrogen and oxygen atoms in total. The summed E-state index contributed by atoms with van der Waals surface area (Å²) < 4.78 is 37.8. The maximum atomic E-state index is 13.0. The first-order valence-electron chi connectivity index (χ1n) is 9.88. The Hall–Kier alpha value is -1.60. The van der Waals surface area contributed by atoms with Crippen LogP contribution in [0.5, 0.6) is 0 Å². The van der Waals surface area contributed by atoms with E-state index in [0.717, 1.165) is 0 Å². The van der Waals surface area contributed by atoms with Crippen molar-refractivity contribution in [1.82, 2.24) is 14.9 Å². The maximum absolute atomic E-state index is 13.0. The number of piperidine rings is 1. The van der Waals surface area contributed by atoms with E-state index in [0.29, 0.717) is 24.8 Å². The SMILES string of the molecule is CC1(C)OB(c2cnc(S(=O)(=O)C3CCCN(C(=O)C(O)CO)C3)nc2)OC1(C)C. The Kier molecular flexibility index (Phi) is 6.27. The van der Waals surface area contributed by atoms with E-state index in [1.54, 1.807) is 0 Å². The van der Waals surface area contributed by atoms with E-state index in [4.69, 9.17) is 14.4 Å². The van der Waals surface area contributed by atoms with Gasteiger partial charge in [-0.25, -0.2) is 18.4 Å². The van der Waals surface area contributed by atoms with Crippen LogP contribution in [0.2, 0.25) is 0 Å². The molecule has 1 aromatic heterocycles. The highest BCUT2D eigenvalue weighted by atomic mass is 32.2. The van der Waals surface area contributed by atoms with Crippen LogP contribution in [-0.2, 0) is 23.9 Å². The second-order valence-electron chi connectivity index (χ2n) is 8.68. The second-order valence-corrected chi connectivity index (χ2v) is 10.8. The summed E-state index contributed by atoms with van der Waals surface area (Å²) in [6.07, 6.45) is 2.01. The molecular formula is C18H28BN3O7S. The first kappa shape index (κ1) is 23.1. The molecule has 1 amide bonds. The Bertz CT molecular complexity index is 876. The van der Waals surface area contributed by atoms with Gasteiger partial charge in [-0.1, -0.05) is 0 Å². The van der Waals surface area contributed by atoms with Gasteiger partial charge >= 0.3 is 7.12 Å². The number of hydrogen-bond donors (Lipinski definition) is 2. The summed E-state index contributed by atoms with van der Waals surface area (Å²) in [4.78, 5) is 21.4. The molecule has 2 aliphatic heterocycles. The molecule has 1 aromatic rings. The highest BCUT2D eigenvalue weighted by molar-refractivity contribution is 7.91. The Morgan fingerprint density at radius 3 is 2.37 bits per heavy atom. The summed E-state index contributed by atoms with van der Waals surface area (Å²) in [6, 6.07) is 0. The van der Waals surface area contributed by atoms with Crippen LogP contribution in [0.15, 0.2) is 17.6 Å². The number of sulfone groups is 1. The molecule has 2 N–H and O–H groups in total. The number of nitrogens with zero attached hydrogens (tertiary/aromatic N) is 3. The highest BCUT2D eigenvalue weighted by Crippen LogP contribution is 2.36. The average Bonchev–Trinajstić information content (AvgIpc) is 2.94. The van der Waals surface area contributed by atoms with Crippen LogP contribution in [0, 0.1) is 0 Å². The summed E-state index contributed by atoms with van der Waals surface area (Å²) in [7, 11) is -4.59. The number of aliphatic hydroxyl groups is 2. The van der Waals surface area contributed by atoms with Crippen LogP contribution in [0.25, 0.3) is 0 Å². The van der Waals surface area contributed by atoms with Crippen molar-refractivity contribution in [1.29, 1.82) is 0 Å². The van der Waals surface area contributed by atoms with Crippen molar-refractivity contribution in [3.8, 4) is 0 Å². The Morgan fingerprint density at radius 2 is 1.83 bits per heavy atom. The lowest BCUT2D eigenvalue weighted by atomic mass is 9.81. The first-order valence-corrected chi connectivity index (χ1v) is 11.4. The number of aromatic nitrogens is 2. The maximum Gasteiger partial charge on any atom is 0.498 e. The van der Waals surface area contributed by atoms with Crippen LogP contribution in [0.3, 0.4) is 0 Å². The highest BCUT2D eigenvalue weighted by Gasteiger charge is 2.52. The van der Waals surface area contributed by atoms with Gasteiger partial charge in [-0.3, -0.25) is 4.79 Å². The fourth-order valence-corrected chi connectivity index (χ4v) is 4.95. The molecule has 2 saturated heterocycles. The van der Waals surface area contributed by atoms with Gasteiger partial charge in [-0.05, 0) is 40.5 Å². The lowest BCUT2D eigenvalue weighted by molar-refractivity contribution is -0.142. The quantitative estimate of drug-likeness (QED) is 0.430. The van der Waals surface area contributed by atoms with E-state index >= 15 is 0 Å². The minimum absolute atomic E-state index is 0.0828. The predicted octanol–water partition coefficient (Wildman–Crippen LogP) is -1.11. The van der Waals surface area contributed by atoms with Crippen LogP contribution < -0.4 is 5.46 Å². The molecular weight excluding hydrogens is 413 g/mol. The summed E-state index contributed by atoms with van der Waals surface area (Å²) in [6.45, 7) is 7.18. The standard InChI is InChI=1S/C18H28BN3O7S/c1-17(2)18(3,4)29-19(28-17)12-8-20-16(21-9-12)30(26,27)13-6-5-7-22(10-13)15(25)14(24)11-23/h8-9,13-14,23-24H,5-7,10-11H2,1-4H3. The molecule has 3 heterocycles. The Morgan fingerprint density at radius 1 is 1.27 bits per heavy atom. The zero-order valence-corrected chi connectivity index (χ0v) is 18.4. The van der Waals surface area contributed by atoms with E-state index in [1.165, 1.54) is 17.3 Å². The van der Waals surface area contributed by atoms with E-state index in [1.807, 2.05) is 27.7 Å². The number of amides is 1. The number of hydrogen-bond acceptors (Lipinski definition) is 9. The van der Waals surface area contributed by atoms with E-state index < -0.39 is 52.0 Å². The van der Waals surface area contributed by atoms with Gasteiger partial charge in [0.1, 0.15) is 0 Å². The third kappa shape index (κ3) is 4.24. The molecule has 2 unspecified atom stereocenters. The molecule has 0 aliphatic carbocycles. The number of rotatable bonds is 5. The number of likely N-dealkylation sites (tertiary alicyclic amines) is 1. The molecule has 0 aromatic carbocycles. The molecule has 0 bridgehead atoms. The molecule has 2 aliphatic rings. The van der Waals surface area contributed by atoms with E-state index in [2.05, 4.69) is 9.97 Å². The monoisotopic (exact) mass is 441 g/mol. The second kappa shape index (κ2) is 8.15. The van der Waals surface area contributed by atoms with Crippen molar-refractivity contribution in [2.75, 3.05) is 19.7 Å². The van der Waals surface area contributed by atoms with Gasteiger partial charge in [-0.15, -0.1) is 0 Å². The lowest BCUT2D eigenvalue weighted by Crippen LogP contribution is -2.49. The third-order valence-electron chi connectivity index (χ3n) is 6.01. The summed E-state index contributed by atoms with van der Waals surface area (Å²) in [5.74, 6) is -0.686. The van der Waals surface area contributed by atoms with Gasteiger partial charge in [0.2, 0.25) is 15.0 Å². The fourth-order valence-electron chi connectivity index (χ4n) is 3.40. The predicted molar refractivity (Wildman–Crippen MR) is 108 cm³/mol. The van der Waals surface area contributed by atoms with Crippen molar-refractivity contribution in [3.05, 3.63) is 12.4 Å². The zero-order valence-electron chi connectivity index (χ0n) is 17.6. The molecule has 2 fully saturated rings. The molecule has 0 spiro atoms. The summed E-state index contributed by atoms with van der Waals surface area (Å²) in [5.41, 5.74) is -0.571. The van der Waals surface area contributed by atoms with E-state index in [-0.39, 0.29) is 11.7 Å². The minimum Gasteiger partial charge on any atom is -0.399 e. The smallest absolute Gasteiger partial charge is 0.399 e. The molecule has 30 heavy (non-hydrogen) atoms. The summed E-state index contributed by atoms with van der Waals surface area (Å²) >= 11 is 0. The van der Waals surface area contributed by atoms with Crippen LogP contribution in [0.4, 0.5) is 0 Å². The lowest BCUT2D eigenvalue weighted by Gasteiger charge is -2.33. The Balaban J connectivity index is 1.75. The largest absolute Gasteiger partial charge is 0.498 e. The van der Waals surface area contributed by atoms with Gasteiger partial charge in [0, 0.05) is 30.9 Å². The summed E-state index contributed by atoms with van der Waals surface area (Å²) in [5, 5.41) is 17.3. The minimum atomic E-state index is -3.89. The van der Waals surface area contributed by atoms with Gasteiger partial charge < -0.3 is 24.4 Å². The average molecular weight is 441 g/mol. The van der Waals surface area contributed by atoms with Crippen LogP contribution in [0.1, 0.15) is 40.5 Å². The van der Waals surface area contributed by atoms with Gasteiger partial charge in [0.15, 0.2) is 6.10 Å². The number of aliphatic hydroxyl groups excluding tert-OH is 2. The van der Waals surface area contributed by atoms with Gasteiger partial charge in [-0.2, -0.15) is 0 Å². The van der Waals surface area contributed by atoms with Crippen molar-refractivity contribution in [2.24, 2.45) is 0 Å². The van der Waals surface area contributed by atoms with Crippen molar-refractivity contribution >= 4 is 28.3 Å².